The normalized spacial score (nSPS) is 11.1. The summed E-state index contributed by atoms with van der Waals surface area (Å²) in [5.74, 6) is -0.439. The van der Waals surface area contributed by atoms with Crippen LogP contribution in [0.5, 0.6) is 0 Å². The van der Waals surface area contributed by atoms with Gasteiger partial charge < -0.3 is 9.47 Å². The lowest BCUT2D eigenvalue weighted by atomic mass is 10.2. The lowest BCUT2D eigenvalue weighted by molar-refractivity contribution is -0.106. The Morgan fingerprint density at radius 2 is 1.67 bits per heavy atom. The van der Waals surface area contributed by atoms with Gasteiger partial charge in [-0.1, -0.05) is 12.1 Å². The molecule has 0 aliphatic rings. The molecule has 2 aromatic carbocycles. The van der Waals surface area contributed by atoms with Gasteiger partial charge in [0.1, 0.15) is 11.6 Å². The lowest BCUT2D eigenvalue weighted by Gasteiger charge is -2.13. The summed E-state index contributed by atoms with van der Waals surface area (Å²) in [6, 6.07) is 11.1. The van der Waals surface area contributed by atoms with E-state index in [9.17, 15) is 8.78 Å². The van der Waals surface area contributed by atoms with E-state index in [4.69, 9.17) is 9.47 Å². The lowest BCUT2D eigenvalue weighted by Crippen LogP contribution is -2.02. The Morgan fingerprint density at radius 1 is 1.00 bits per heavy atom. The Hall–Kier alpha value is -1.43. The highest BCUT2D eigenvalue weighted by atomic mass is 32.2. The summed E-state index contributed by atoms with van der Waals surface area (Å²) < 4.78 is 36.9. The second-order valence-corrected chi connectivity index (χ2v) is 5.45. The van der Waals surface area contributed by atoms with Crippen molar-refractivity contribution in [2.45, 2.75) is 16.9 Å². The molecule has 0 radical (unpaired) electrons. The van der Waals surface area contributed by atoms with Crippen molar-refractivity contribution in [1.82, 2.24) is 0 Å². The van der Waals surface area contributed by atoms with Crippen LogP contribution in [0.15, 0.2) is 47.4 Å². The van der Waals surface area contributed by atoms with Crippen LogP contribution >= 0.6 is 11.8 Å². The number of halogens is 2. The van der Waals surface area contributed by atoms with Gasteiger partial charge in [-0.2, -0.15) is 0 Å². The third-order valence-electron chi connectivity index (χ3n) is 2.98. The van der Waals surface area contributed by atoms with Crippen LogP contribution in [0.4, 0.5) is 8.78 Å². The van der Waals surface area contributed by atoms with Crippen LogP contribution in [-0.4, -0.2) is 14.2 Å². The highest BCUT2D eigenvalue weighted by Gasteiger charge is 2.09. The van der Waals surface area contributed by atoms with Crippen molar-refractivity contribution in [3.05, 3.63) is 65.2 Å². The van der Waals surface area contributed by atoms with E-state index in [2.05, 4.69) is 0 Å². The molecule has 0 N–H and O–H groups in total. The Bertz CT molecular complexity index is 583. The summed E-state index contributed by atoms with van der Waals surface area (Å²) in [5, 5.41) is 0. The Morgan fingerprint density at radius 3 is 2.29 bits per heavy atom. The first-order chi connectivity index (χ1) is 10.1. The third kappa shape index (κ3) is 4.27. The van der Waals surface area contributed by atoms with Gasteiger partial charge in [-0.3, -0.25) is 0 Å². The molecule has 0 aromatic heterocycles. The third-order valence-corrected chi connectivity index (χ3v) is 4.04. The molecule has 0 unspecified atom stereocenters. The molecule has 2 rings (SSSR count). The minimum atomic E-state index is -0.426. The average molecular weight is 310 g/mol. The van der Waals surface area contributed by atoms with E-state index in [1.807, 2.05) is 24.3 Å². The van der Waals surface area contributed by atoms with E-state index in [1.54, 1.807) is 14.2 Å². The van der Waals surface area contributed by atoms with Crippen LogP contribution in [0.1, 0.15) is 17.4 Å². The molecule has 0 fully saturated rings. The van der Waals surface area contributed by atoms with E-state index in [0.29, 0.717) is 11.3 Å². The molecular weight excluding hydrogens is 294 g/mol. The molecule has 0 saturated carbocycles. The molecule has 0 bridgehead atoms. The molecule has 2 aromatic rings. The van der Waals surface area contributed by atoms with Crippen LogP contribution in [0.2, 0.25) is 0 Å². The van der Waals surface area contributed by atoms with Gasteiger partial charge in [0.25, 0.3) is 0 Å². The van der Waals surface area contributed by atoms with Gasteiger partial charge in [-0.15, -0.1) is 11.8 Å². The quantitative estimate of drug-likeness (QED) is 0.576. The standard InChI is InChI=1S/C16H16F2O2S/c1-19-16(20-2)11-3-6-14(7-4-11)21-10-12-9-13(17)5-8-15(12)18/h3-9,16H,10H2,1-2H3. The zero-order valence-electron chi connectivity index (χ0n) is 11.8. The van der Waals surface area contributed by atoms with Gasteiger partial charge in [0, 0.05) is 36.0 Å². The minimum absolute atomic E-state index is 0.357. The molecule has 2 nitrogen and oxygen atoms in total. The number of benzene rings is 2. The number of methoxy groups -OCH3 is 2. The van der Waals surface area contributed by atoms with E-state index < -0.39 is 12.1 Å². The molecular formula is C16H16F2O2S. The van der Waals surface area contributed by atoms with E-state index >= 15 is 0 Å². The zero-order valence-corrected chi connectivity index (χ0v) is 12.6. The highest BCUT2D eigenvalue weighted by molar-refractivity contribution is 7.98. The maximum Gasteiger partial charge on any atom is 0.183 e. The van der Waals surface area contributed by atoms with Crippen LogP contribution in [0.25, 0.3) is 0 Å². The Kier molecular flexibility index (Phi) is 5.73. The second kappa shape index (κ2) is 7.54. The van der Waals surface area contributed by atoms with Crippen molar-refractivity contribution in [2.24, 2.45) is 0 Å². The van der Waals surface area contributed by atoms with Gasteiger partial charge >= 0.3 is 0 Å². The molecule has 21 heavy (non-hydrogen) atoms. The summed E-state index contributed by atoms with van der Waals surface area (Å²) >= 11 is 1.44. The highest BCUT2D eigenvalue weighted by Crippen LogP contribution is 2.26. The van der Waals surface area contributed by atoms with Gasteiger partial charge in [0.05, 0.1) is 0 Å². The van der Waals surface area contributed by atoms with Crippen LogP contribution in [-0.2, 0) is 15.2 Å². The SMILES string of the molecule is COC(OC)c1ccc(SCc2cc(F)ccc2F)cc1. The molecule has 0 atom stereocenters. The zero-order chi connectivity index (χ0) is 15.2. The van der Waals surface area contributed by atoms with Crippen molar-refractivity contribution in [1.29, 1.82) is 0 Å². The number of hydrogen-bond acceptors (Lipinski definition) is 3. The largest absolute Gasteiger partial charge is 0.352 e. The summed E-state index contributed by atoms with van der Waals surface area (Å²) in [7, 11) is 3.15. The fourth-order valence-corrected chi connectivity index (χ4v) is 2.78. The van der Waals surface area contributed by atoms with Gasteiger partial charge in [-0.05, 0) is 30.3 Å². The topological polar surface area (TPSA) is 18.5 Å². The van der Waals surface area contributed by atoms with Crippen molar-refractivity contribution in [3.63, 3.8) is 0 Å². The molecule has 0 saturated heterocycles. The molecule has 0 aliphatic carbocycles. The van der Waals surface area contributed by atoms with E-state index in [1.165, 1.54) is 17.8 Å². The Labute approximate surface area is 127 Å². The van der Waals surface area contributed by atoms with Gasteiger partial charge in [0.15, 0.2) is 6.29 Å². The second-order valence-electron chi connectivity index (χ2n) is 4.40. The summed E-state index contributed by atoms with van der Waals surface area (Å²) in [4.78, 5) is 0.966. The number of thioether (sulfide) groups is 1. The summed E-state index contributed by atoms with van der Waals surface area (Å²) in [5.41, 5.74) is 1.26. The van der Waals surface area contributed by atoms with Crippen molar-refractivity contribution in [3.8, 4) is 0 Å². The van der Waals surface area contributed by atoms with Gasteiger partial charge in [0.2, 0.25) is 0 Å². The van der Waals surface area contributed by atoms with E-state index in [-0.39, 0.29) is 5.82 Å². The monoisotopic (exact) mass is 310 g/mol. The maximum absolute atomic E-state index is 13.5. The predicted molar refractivity (Wildman–Crippen MR) is 79.1 cm³/mol. The van der Waals surface area contributed by atoms with Crippen LogP contribution in [0.3, 0.4) is 0 Å². The first kappa shape index (κ1) is 15.9. The van der Waals surface area contributed by atoms with Crippen LogP contribution in [0, 0.1) is 11.6 Å². The minimum Gasteiger partial charge on any atom is -0.352 e. The Balaban J connectivity index is 2.02. The first-order valence-corrected chi connectivity index (χ1v) is 7.35. The fraction of sp³-hybridized carbons (Fsp3) is 0.250. The molecule has 112 valence electrons. The molecule has 0 heterocycles. The number of ether oxygens (including phenoxy) is 2. The number of rotatable bonds is 6. The predicted octanol–water partition coefficient (Wildman–Crippen LogP) is 4.55. The summed E-state index contributed by atoms with van der Waals surface area (Å²) in [6.45, 7) is 0. The van der Waals surface area contributed by atoms with E-state index in [0.717, 1.165) is 22.6 Å². The fourth-order valence-electron chi connectivity index (χ4n) is 1.90. The molecule has 5 heteroatoms. The molecule has 0 spiro atoms. The summed E-state index contributed by atoms with van der Waals surface area (Å²) in [6.07, 6.45) is -0.398. The first-order valence-electron chi connectivity index (χ1n) is 6.36. The van der Waals surface area contributed by atoms with Gasteiger partial charge in [-0.25, -0.2) is 8.78 Å². The molecule has 0 amide bonds. The van der Waals surface area contributed by atoms with Crippen molar-refractivity contribution >= 4 is 11.8 Å². The van der Waals surface area contributed by atoms with Crippen molar-refractivity contribution < 1.29 is 18.3 Å². The maximum atomic E-state index is 13.5. The number of hydrogen-bond donors (Lipinski definition) is 0. The van der Waals surface area contributed by atoms with Crippen LogP contribution < -0.4 is 0 Å². The molecule has 0 aliphatic heterocycles. The smallest absolute Gasteiger partial charge is 0.183 e. The average Bonchev–Trinajstić information content (AvgIpc) is 2.51. The van der Waals surface area contributed by atoms with Crippen molar-refractivity contribution in [2.75, 3.05) is 14.2 Å².